The van der Waals surface area contributed by atoms with E-state index in [4.69, 9.17) is 5.73 Å². The predicted octanol–water partition coefficient (Wildman–Crippen LogP) is 2.56. The molecule has 6 heteroatoms. The molecule has 3 nitrogen and oxygen atoms in total. The Balaban J connectivity index is 2.04. The number of benzene rings is 1. The molecule has 0 heterocycles. The highest BCUT2D eigenvalue weighted by Gasteiger charge is 2.46. The van der Waals surface area contributed by atoms with Gasteiger partial charge in [0.2, 0.25) is 0 Å². The number of halogens is 3. The number of rotatable bonds is 2. The van der Waals surface area contributed by atoms with E-state index < -0.39 is 11.7 Å². The summed E-state index contributed by atoms with van der Waals surface area (Å²) in [7, 11) is 0. The second kappa shape index (κ2) is 4.77. The molecule has 3 N–H and O–H groups in total. The second-order valence-electron chi connectivity index (χ2n) is 5.76. The van der Waals surface area contributed by atoms with Gasteiger partial charge in [-0.15, -0.1) is 0 Å². The van der Waals surface area contributed by atoms with Crippen molar-refractivity contribution in [1.82, 2.24) is 5.32 Å². The molecule has 1 amide bonds. The molecule has 0 spiro atoms. The standard InChI is InChI=1S/C14H17F3N2O/c1-13(2)10(18)7-11(13)19-12(20)8-3-5-9(6-4-8)14(15,16)17/h3-6,10-11H,7,18H2,1-2H3,(H,19,20). The minimum absolute atomic E-state index is 0.0282. The van der Waals surface area contributed by atoms with Crippen LogP contribution < -0.4 is 11.1 Å². The minimum atomic E-state index is -4.39. The number of hydrogen-bond acceptors (Lipinski definition) is 2. The molecule has 2 unspecified atom stereocenters. The summed E-state index contributed by atoms with van der Waals surface area (Å²) in [6, 6.07) is 4.17. The molecular weight excluding hydrogens is 269 g/mol. The number of nitrogens with two attached hydrogens (primary N) is 1. The molecule has 0 saturated heterocycles. The van der Waals surface area contributed by atoms with Gasteiger partial charge in [-0.25, -0.2) is 0 Å². The highest BCUT2D eigenvalue weighted by Crippen LogP contribution is 2.39. The molecule has 1 saturated carbocycles. The third-order valence-electron chi connectivity index (χ3n) is 4.12. The van der Waals surface area contributed by atoms with Crippen molar-refractivity contribution in [3.05, 3.63) is 35.4 Å². The van der Waals surface area contributed by atoms with Crippen molar-refractivity contribution in [2.75, 3.05) is 0 Å². The Morgan fingerprint density at radius 3 is 2.25 bits per heavy atom. The Kier molecular flexibility index (Phi) is 3.54. The van der Waals surface area contributed by atoms with E-state index in [0.29, 0.717) is 6.42 Å². The number of amides is 1. The van der Waals surface area contributed by atoms with Crippen LogP contribution in [0.2, 0.25) is 0 Å². The molecule has 2 atom stereocenters. The number of carbonyl (C=O) groups is 1. The van der Waals surface area contributed by atoms with Crippen LogP contribution in [-0.2, 0) is 6.18 Å². The molecule has 1 aliphatic carbocycles. The lowest BCUT2D eigenvalue weighted by molar-refractivity contribution is -0.137. The Labute approximate surface area is 115 Å². The summed E-state index contributed by atoms with van der Waals surface area (Å²) < 4.78 is 37.3. The van der Waals surface area contributed by atoms with Crippen molar-refractivity contribution < 1.29 is 18.0 Å². The summed E-state index contributed by atoms with van der Waals surface area (Å²) in [6.07, 6.45) is -3.71. The Morgan fingerprint density at radius 1 is 1.30 bits per heavy atom. The van der Waals surface area contributed by atoms with Crippen LogP contribution in [0.5, 0.6) is 0 Å². The Bertz CT molecular complexity index is 508. The summed E-state index contributed by atoms with van der Waals surface area (Å²) in [4.78, 5) is 12.0. The third-order valence-corrected chi connectivity index (χ3v) is 4.12. The van der Waals surface area contributed by atoms with Crippen LogP contribution in [0.1, 0.15) is 36.2 Å². The molecule has 1 aliphatic rings. The average molecular weight is 286 g/mol. The lowest BCUT2D eigenvalue weighted by Gasteiger charge is -2.50. The molecule has 1 aromatic carbocycles. The first-order chi connectivity index (χ1) is 9.12. The van der Waals surface area contributed by atoms with Gasteiger partial charge in [-0.05, 0) is 30.7 Å². The van der Waals surface area contributed by atoms with Gasteiger partial charge in [0, 0.05) is 23.1 Å². The summed E-state index contributed by atoms with van der Waals surface area (Å²) in [5.74, 6) is -0.372. The summed E-state index contributed by atoms with van der Waals surface area (Å²) in [5, 5.41) is 2.81. The maximum Gasteiger partial charge on any atom is 0.416 e. The molecule has 110 valence electrons. The zero-order valence-electron chi connectivity index (χ0n) is 11.3. The fourth-order valence-electron chi connectivity index (χ4n) is 2.26. The third kappa shape index (κ3) is 2.65. The van der Waals surface area contributed by atoms with Crippen LogP contribution in [0.3, 0.4) is 0 Å². The van der Waals surface area contributed by atoms with Crippen molar-refractivity contribution in [3.8, 4) is 0 Å². The molecule has 2 rings (SSSR count). The highest BCUT2D eigenvalue weighted by molar-refractivity contribution is 5.94. The van der Waals surface area contributed by atoms with Gasteiger partial charge in [0.05, 0.1) is 5.56 Å². The number of nitrogens with one attached hydrogen (secondary N) is 1. The molecule has 1 fully saturated rings. The molecule has 0 radical (unpaired) electrons. The smallest absolute Gasteiger partial charge is 0.349 e. The van der Waals surface area contributed by atoms with Gasteiger partial charge < -0.3 is 11.1 Å². The minimum Gasteiger partial charge on any atom is -0.349 e. The zero-order valence-corrected chi connectivity index (χ0v) is 11.3. The van der Waals surface area contributed by atoms with E-state index in [0.717, 1.165) is 12.1 Å². The largest absolute Gasteiger partial charge is 0.416 e. The Hall–Kier alpha value is -1.56. The van der Waals surface area contributed by atoms with Gasteiger partial charge in [-0.1, -0.05) is 13.8 Å². The van der Waals surface area contributed by atoms with Gasteiger partial charge in [-0.2, -0.15) is 13.2 Å². The average Bonchev–Trinajstić information content (AvgIpc) is 2.37. The monoisotopic (exact) mass is 286 g/mol. The van der Waals surface area contributed by atoms with E-state index in [9.17, 15) is 18.0 Å². The first kappa shape index (κ1) is 14.8. The van der Waals surface area contributed by atoms with E-state index in [2.05, 4.69) is 5.32 Å². The van der Waals surface area contributed by atoms with E-state index in [-0.39, 0.29) is 29.0 Å². The highest BCUT2D eigenvalue weighted by atomic mass is 19.4. The van der Waals surface area contributed by atoms with Gasteiger partial charge >= 0.3 is 6.18 Å². The lowest BCUT2D eigenvalue weighted by atomic mass is 9.63. The van der Waals surface area contributed by atoms with Crippen LogP contribution in [-0.4, -0.2) is 18.0 Å². The first-order valence-corrected chi connectivity index (χ1v) is 6.36. The zero-order chi connectivity index (χ0) is 15.1. The van der Waals surface area contributed by atoms with E-state index in [1.54, 1.807) is 0 Å². The maximum absolute atomic E-state index is 12.4. The van der Waals surface area contributed by atoms with E-state index in [1.807, 2.05) is 13.8 Å². The number of alkyl halides is 3. The van der Waals surface area contributed by atoms with Gasteiger partial charge in [-0.3, -0.25) is 4.79 Å². The quantitative estimate of drug-likeness (QED) is 0.878. The first-order valence-electron chi connectivity index (χ1n) is 6.36. The normalized spacial score (nSPS) is 24.9. The topological polar surface area (TPSA) is 55.1 Å². The van der Waals surface area contributed by atoms with Crippen molar-refractivity contribution in [3.63, 3.8) is 0 Å². The van der Waals surface area contributed by atoms with Crippen LogP contribution in [0.15, 0.2) is 24.3 Å². The fraction of sp³-hybridized carbons (Fsp3) is 0.500. The maximum atomic E-state index is 12.4. The van der Waals surface area contributed by atoms with Crippen LogP contribution in [0.4, 0.5) is 13.2 Å². The van der Waals surface area contributed by atoms with E-state index in [1.165, 1.54) is 12.1 Å². The van der Waals surface area contributed by atoms with Crippen LogP contribution in [0, 0.1) is 5.41 Å². The van der Waals surface area contributed by atoms with Gasteiger partial charge in [0.15, 0.2) is 0 Å². The summed E-state index contributed by atoms with van der Waals surface area (Å²) in [6.45, 7) is 3.91. The second-order valence-corrected chi connectivity index (χ2v) is 5.76. The van der Waals surface area contributed by atoms with Crippen molar-refractivity contribution in [1.29, 1.82) is 0 Å². The molecule has 0 bridgehead atoms. The van der Waals surface area contributed by atoms with E-state index >= 15 is 0 Å². The molecule has 0 aliphatic heterocycles. The predicted molar refractivity (Wildman–Crippen MR) is 69.1 cm³/mol. The SMILES string of the molecule is CC1(C)C(N)CC1NC(=O)c1ccc(C(F)(F)F)cc1. The Morgan fingerprint density at radius 2 is 1.85 bits per heavy atom. The van der Waals surface area contributed by atoms with Crippen LogP contribution >= 0.6 is 0 Å². The molecular formula is C14H17F3N2O. The van der Waals surface area contributed by atoms with Crippen molar-refractivity contribution in [2.45, 2.75) is 38.5 Å². The van der Waals surface area contributed by atoms with Gasteiger partial charge in [0.1, 0.15) is 0 Å². The number of hydrogen-bond donors (Lipinski definition) is 2. The summed E-state index contributed by atoms with van der Waals surface area (Å²) in [5.41, 5.74) is 5.11. The van der Waals surface area contributed by atoms with Crippen LogP contribution in [0.25, 0.3) is 0 Å². The van der Waals surface area contributed by atoms with Crippen molar-refractivity contribution in [2.24, 2.45) is 11.1 Å². The molecule has 20 heavy (non-hydrogen) atoms. The lowest BCUT2D eigenvalue weighted by Crippen LogP contribution is -2.64. The van der Waals surface area contributed by atoms with Gasteiger partial charge in [0.25, 0.3) is 5.91 Å². The fourth-order valence-corrected chi connectivity index (χ4v) is 2.26. The number of carbonyl (C=O) groups excluding carboxylic acids is 1. The summed E-state index contributed by atoms with van der Waals surface area (Å²) >= 11 is 0. The molecule has 0 aromatic heterocycles. The van der Waals surface area contributed by atoms with Crippen molar-refractivity contribution >= 4 is 5.91 Å². The molecule has 1 aromatic rings.